The lowest BCUT2D eigenvalue weighted by Gasteiger charge is -2.19. The fourth-order valence-corrected chi connectivity index (χ4v) is 4.99. The van der Waals surface area contributed by atoms with Crippen LogP contribution in [0.5, 0.6) is 0 Å². The van der Waals surface area contributed by atoms with Gasteiger partial charge in [0.15, 0.2) is 0 Å². The summed E-state index contributed by atoms with van der Waals surface area (Å²) >= 11 is 0. The molecule has 0 bridgehead atoms. The van der Waals surface area contributed by atoms with Crippen molar-refractivity contribution in [2.75, 3.05) is 13.1 Å². The molecular formula is C23H23N3O3. The molecule has 2 heterocycles. The lowest BCUT2D eigenvalue weighted by atomic mass is 9.98. The molecule has 0 radical (unpaired) electrons. The van der Waals surface area contributed by atoms with Gasteiger partial charge in [0.2, 0.25) is 0 Å². The minimum Gasteiger partial charge on any atom is -0.338 e. The lowest BCUT2D eigenvalue weighted by molar-refractivity contribution is 0.0642. The van der Waals surface area contributed by atoms with Crippen LogP contribution in [0.3, 0.4) is 0 Å². The fourth-order valence-electron chi connectivity index (χ4n) is 4.99. The average molecular weight is 389 g/mol. The van der Waals surface area contributed by atoms with Gasteiger partial charge >= 0.3 is 0 Å². The Bertz CT molecular complexity index is 1000. The van der Waals surface area contributed by atoms with Crippen molar-refractivity contribution < 1.29 is 14.4 Å². The molecule has 3 unspecified atom stereocenters. The van der Waals surface area contributed by atoms with Gasteiger partial charge in [0.1, 0.15) is 0 Å². The van der Waals surface area contributed by atoms with E-state index in [-0.39, 0.29) is 30.3 Å². The van der Waals surface area contributed by atoms with E-state index in [0.717, 1.165) is 24.9 Å². The summed E-state index contributed by atoms with van der Waals surface area (Å²) in [5.41, 5.74) is 8.20. The molecule has 5 rings (SSSR count). The van der Waals surface area contributed by atoms with Crippen LogP contribution in [0.15, 0.2) is 48.5 Å². The van der Waals surface area contributed by atoms with E-state index in [0.29, 0.717) is 35.1 Å². The Morgan fingerprint density at radius 1 is 0.966 bits per heavy atom. The van der Waals surface area contributed by atoms with E-state index >= 15 is 0 Å². The van der Waals surface area contributed by atoms with Crippen LogP contribution in [0.4, 0.5) is 0 Å². The number of likely N-dealkylation sites (tertiary alicyclic amines) is 1. The summed E-state index contributed by atoms with van der Waals surface area (Å²) in [7, 11) is 0. The molecule has 2 aromatic rings. The van der Waals surface area contributed by atoms with Gasteiger partial charge in [-0.05, 0) is 48.4 Å². The summed E-state index contributed by atoms with van der Waals surface area (Å²) in [4.78, 5) is 41.7. The number of carbonyl (C=O) groups is 3. The van der Waals surface area contributed by atoms with Crippen molar-refractivity contribution in [3.05, 3.63) is 70.8 Å². The molecule has 0 spiro atoms. The first kappa shape index (κ1) is 18.1. The number of amides is 3. The zero-order chi connectivity index (χ0) is 20.1. The van der Waals surface area contributed by atoms with Crippen molar-refractivity contribution in [3.63, 3.8) is 0 Å². The molecule has 29 heavy (non-hydrogen) atoms. The number of imide groups is 1. The van der Waals surface area contributed by atoms with Gasteiger partial charge in [-0.1, -0.05) is 30.3 Å². The predicted octanol–water partition coefficient (Wildman–Crippen LogP) is 2.29. The summed E-state index contributed by atoms with van der Waals surface area (Å²) in [6.45, 7) is 1.62. The van der Waals surface area contributed by atoms with E-state index in [1.165, 1.54) is 4.90 Å². The van der Waals surface area contributed by atoms with E-state index in [9.17, 15) is 14.4 Å². The second kappa shape index (κ2) is 6.81. The third kappa shape index (κ3) is 2.95. The highest BCUT2D eigenvalue weighted by Crippen LogP contribution is 2.37. The summed E-state index contributed by atoms with van der Waals surface area (Å²) in [5.74, 6) is 0.111. The van der Waals surface area contributed by atoms with Crippen LogP contribution < -0.4 is 5.73 Å². The number of hydrogen-bond acceptors (Lipinski definition) is 4. The zero-order valence-corrected chi connectivity index (χ0v) is 16.1. The summed E-state index contributed by atoms with van der Waals surface area (Å²) in [6, 6.07) is 14.4. The smallest absolute Gasteiger partial charge is 0.261 e. The maximum atomic E-state index is 13.0. The van der Waals surface area contributed by atoms with Gasteiger partial charge in [-0.3, -0.25) is 19.3 Å². The molecule has 3 amide bonds. The normalized spacial score (nSPS) is 25.5. The molecule has 6 nitrogen and oxygen atoms in total. The van der Waals surface area contributed by atoms with Crippen LogP contribution in [0, 0.1) is 11.8 Å². The molecule has 148 valence electrons. The molecule has 2 aromatic carbocycles. The first-order chi connectivity index (χ1) is 14.0. The van der Waals surface area contributed by atoms with E-state index in [1.807, 2.05) is 35.2 Å². The summed E-state index contributed by atoms with van der Waals surface area (Å²) in [6.07, 6.45) is 2.10. The molecule has 2 N–H and O–H groups in total. The summed E-state index contributed by atoms with van der Waals surface area (Å²) in [5, 5.41) is 0. The highest BCUT2D eigenvalue weighted by atomic mass is 16.2. The van der Waals surface area contributed by atoms with Crippen LogP contribution in [0.2, 0.25) is 0 Å². The molecule has 1 saturated heterocycles. The fraction of sp³-hybridized carbons (Fsp3) is 0.348. The van der Waals surface area contributed by atoms with E-state index in [4.69, 9.17) is 5.73 Å². The topological polar surface area (TPSA) is 83.7 Å². The van der Waals surface area contributed by atoms with Gasteiger partial charge in [-0.25, -0.2) is 0 Å². The molecule has 6 heteroatoms. The van der Waals surface area contributed by atoms with Crippen molar-refractivity contribution in [2.24, 2.45) is 17.6 Å². The van der Waals surface area contributed by atoms with E-state index < -0.39 is 0 Å². The van der Waals surface area contributed by atoms with Crippen molar-refractivity contribution in [1.29, 1.82) is 0 Å². The Hall–Kier alpha value is -2.99. The molecule has 2 fully saturated rings. The van der Waals surface area contributed by atoms with Crippen molar-refractivity contribution in [3.8, 4) is 0 Å². The SMILES string of the molecule is NC1CCC2CN(C(=O)c3ccc4c(c3)C(=O)N(Cc3ccccc3)C4=O)CC12. The molecule has 2 aliphatic heterocycles. The number of carbonyl (C=O) groups excluding carboxylic acids is 3. The minimum absolute atomic E-state index is 0.0869. The minimum atomic E-state index is -0.344. The Balaban J connectivity index is 1.37. The van der Waals surface area contributed by atoms with Gasteiger partial charge in [0.25, 0.3) is 17.7 Å². The zero-order valence-electron chi connectivity index (χ0n) is 16.1. The molecule has 3 atom stereocenters. The van der Waals surface area contributed by atoms with Crippen LogP contribution in [-0.2, 0) is 6.54 Å². The number of nitrogens with zero attached hydrogens (tertiary/aromatic N) is 2. The Labute approximate surface area is 169 Å². The van der Waals surface area contributed by atoms with Gasteiger partial charge in [-0.15, -0.1) is 0 Å². The molecular weight excluding hydrogens is 366 g/mol. The van der Waals surface area contributed by atoms with Gasteiger partial charge in [-0.2, -0.15) is 0 Å². The Kier molecular flexibility index (Phi) is 4.24. The molecule has 1 aliphatic carbocycles. The standard InChI is InChI=1S/C23H23N3O3/c24-20-9-7-16-12-25(13-19(16)20)21(27)15-6-8-17-18(10-15)23(29)26(22(17)28)11-14-4-2-1-3-5-14/h1-6,8,10,16,19-20H,7,9,11-13,24H2. The van der Waals surface area contributed by atoms with E-state index in [1.54, 1.807) is 18.2 Å². The van der Waals surface area contributed by atoms with Crippen molar-refractivity contribution >= 4 is 17.7 Å². The van der Waals surface area contributed by atoms with Gasteiger partial charge in [0.05, 0.1) is 17.7 Å². The number of benzene rings is 2. The maximum Gasteiger partial charge on any atom is 0.261 e. The summed E-state index contributed by atoms with van der Waals surface area (Å²) < 4.78 is 0. The third-order valence-electron chi connectivity index (χ3n) is 6.60. The number of rotatable bonds is 3. The van der Waals surface area contributed by atoms with Crippen molar-refractivity contribution in [2.45, 2.75) is 25.4 Å². The Morgan fingerprint density at radius 3 is 2.48 bits per heavy atom. The molecule has 3 aliphatic rings. The van der Waals surface area contributed by atoms with E-state index in [2.05, 4.69) is 0 Å². The molecule has 0 aromatic heterocycles. The van der Waals surface area contributed by atoms with Crippen LogP contribution in [0.1, 0.15) is 49.5 Å². The number of hydrogen-bond donors (Lipinski definition) is 1. The highest BCUT2D eigenvalue weighted by Gasteiger charge is 2.43. The number of nitrogens with two attached hydrogens (primary N) is 1. The Morgan fingerprint density at radius 2 is 1.72 bits per heavy atom. The second-order valence-electron chi connectivity index (χ2n) is 8.32. The van der Waals surface area contributed by atoms with Gasteiger partial charge in [0, 0.05) is 24.7 Å². The average Bonchev–Trinajstić information content (AvgIpc) is 3.38. The van der Waals surface area contributed by atoms with Gasteiger partial charge < -0.3 is 10.6 Å². The number of fused-ring (bicyclic) bond motifs is 2. The van der Waals surface area contributed by atoms with Crippen molar-refractivity contribution in [1.82, 2.24) is 9.80 Å². The second-order valence-corrected chi connectivity index (χ2v) is 8.32. The lowest BCUT2D eigenvalue weighted by Crippen LogP contribution is -2.33. The van der Waals surface area contributed by atoms with Crippen LogP contribution in [0.25, 0.3) is 0 Å². The largest absolute Gasteiger partial charge is 0.338 e. The first-order valence-electron chi connectivity index (χ1n) is 10.1. The predicted molar refractivity (Wildman–Crippen MR) is 107 cm³/mol. The molecule has 1 saturated carbocycles. The van der Waals surface area contributed by atoms with Crippen LogP contribution in [-0.4, -0.2) is 46.7 Å². The quantitative estimate of drug-likeness (QED) is 0.817. The first-order valence-corrected chi connectivity index (χ1v) is 10.1. The third-order valence-corrected chi connectivity index (χ3v) is 6.60. The highest BCUT2D eigenvalue weighted by molar-refractivity contribution is 6.22. The van der Waals surface area contributed by atoms with Crippen LogP contribution >= 0.6 is 0 Å². The maximum absolute atomic E-state index is 13.0. The monoisotopic (exact) mass is 389 g/mol.